The Labute approximate surface area is 207 Å². The number of nitrogens with zero attached hydrogens (tertiary/aromatic N) is 3. The van der Waals surface area contributed by atoms with Crippen LogP contribution in [0.15, 0.2) is 80.1 Å². The highest BCUT2D eigenvalue weighted by molar-refractivity contribution is 7.89. The zero-order valence-corrected chi connectivity index (χ0v) is 21.3. The first-order valence-electron chi connectivity index (χ1n) is 12.3. The molecule has 2 heterocycles. The fourth-order valence-corrected chi connectivity index (χ4v) is 6.11. The molecule has 1 aliphatic rings. The third kappa shape index (κ3) is 4.77. The van der Waals surface area contributed by atoms with Crippen LogP contribution in [0.1, 0.15) is 63.6 Å². The summed E-state index contributed by atoms with van der Waals surface area (Å²) in [6.45, 7) is 6.00. The van der Waals surface area contributed by atoms with Crippen LogP contribution in [0.25, 0.3) is 5.69 Å². The van der Waals surface area contributed by atoms with Crippen molar-refractivity contribution in [2.24, 2.45) is 0 Å². The maximum atomic E-state index is 13.9. The molecule has 186 valence electrons. The average Bonchev–Trinajstić information content (AvgIpc) is 3.13. The van der Waals surface area contributed by atoms with Gasteiger partial charge in [0.25, 0.3) is 0 Å². The van der Waals surface area contributed by atoms with Crippen molar-refractivity contribution in [3.8, 4) is 5.69 Å². The molecule has 0 bridgehead atoms. The number of fused-ring (bicyclic) bond motifs is 1. The molecule has 1 aliphatic heterocycles. The van der Waals surface area contributed by atoms with Gasteiger partial charge in [0.2, 0.25) is 0 Å². The first-order valence-corrected chi connectivity index (χ1v) is 13.4. The number of hydrogen-bond acceptors (Lipinski definition) is 4. The zero-order chi connectivity index (χ0) is 25.1. The Morgan fingerprint density at radius 2 is 1.60 bits per heavy atom. The summed E-state index contributed by atoms with van der Waals surface area (Å²) >= 11 is 0. The Hall–Kier alpha value is -2.97. The summed E-state index contributed by atoms with van der Waals surface area (Å²) in [7, 11) is -1.60. The molecule has 2 aromatic carbocycles. The van der Waals surface area contributed by atoms with Crippen LogP contribution in [0.4, 0.5) is 0 Å². The van der Waals surface area contributed by atoms with E-state index in [2.05, 4.69) is 0 Å². The van der Waals surface area contributed by atoms with Crippen LogP contribution in [-0.4, -0.2) is 29.4 Å². The standard InChI is InChI=1S/C27H33N3O4S/c1-4-6-13-23(31)25-24(35(34)22-16-14-19(3)15-17-22)18-21(10-5-2)29-26(32)28(27(33)30(25)29)20-11-8-7-9-12-20/h7-9,11-12,14-18,21,23,25,31H,4-6,10,13H2,1-3H3/t21-,23+,25+,35?/m1/s1. The quantitative estimate of drug-likeness (QED) is 0.481. The summed E-state index contributed by atoms with van der Waals surface area (Å²) in [5.41, 5.74) is 0.532. The summed E-state index contributed by atoms with van der Waals surface area (Å²) in [4.78, 5) is 28.5. The Morgan fingerprint density at radius 3 is 2.23 bits per heavy atom. The molecule has 0 saturated heterocycles. The molecular weight excluding hydrogens is 462 g/mol. The Balaban J connectivity index is 1.94. The van der Waals surface area contributed by atoms with E-state index in [-0.39, 0.29) is 0 Å². The predicted octanol–water partition coefficient (Wildman–Crippen LogP) is 4.25. The summed E-state index contributed by atoms with van der Waals surface area (Å²) in [6.07, 6.45) is 4.30. The van der Waals surface area contributed by atoms with Crippen LogP contribution < -0.4 is 11.4 Å². The molecule has 1 N–H and O–H groups in total. The van der Waals surface area contributed by atoms with Crippen molar-refractivity contribution in [1.29, 1.82) is 0 Å². The van der Waals surface area contributed by atoms with E-state index in [1.165, 1.54) is 9.36 Å². The summed E-state index contributed by atoms with van der Waals surface area (Å²) < 4.78 is 17.8. The summed E-state index contributed by atoms with van der Waals surface area (Å²) in [5, 5.41) is 11.3. The van der Waals surface area contributed by atoms with Gasteiger partial charge in [-0.1, -0.05) is 69.0 Å². The first kappa shape index (κ1) is 25.1. The maximum absolute atomic E-state index is 13.9. The fourth-order valence-electron chi connectivity index (χ4n) is 4.70. The maximum Gasteiger partial charge on any atom is 0.352 e. The van der Waals surface area contributed by atoms with Gasteiger partial charge in [-0.05, 0) is 50.1 Å². The van der Waals surface area contributed by atoms with Gasteiger partial charge in [-0.15, -0.1) is 0 Å². The number of aliphatic hydroxyl groups excluding tert-OH is 1. The number of rotatable bonds is 9. The van der Waals surface area contributed by atoms with Crippen LogP contribution in [0.5, 0.6) is 0 Å². The lowest BCUT2D eigenvalue weighted by molar-refractivity contribution is 0.0978. The second-order valence-corrected chi connectivity index (χ2v) is 10.6. The number of aryl methyl sites for hydroxylation is 1. The number of para-hydroxylation sites is 1. The van der Waals surface area contributed by atoms with Crippen molar-refractivity contribution in [2.45, 2.75) is 76.0 Å². The van der Waals surface area contributed by atoms with Crippen LogP contribution in [-0.2, 0) is 10.8 Å². The highest BCUT2D eigenvalue weighted by Crippen LogP contribution is 2.36. The monoisotopic (exact) mass is 495 g/mol. The van der Waals surface area contributed by atoms with Crippen molar-refractivity contribution in [2.75, 3.05) is 0 Å². The Morgan fingerprint density at radius 1 is 0.943 bits per heavy atom. The van der Waals surface area contributed by atoms with Crippen LogP contribution >= 0.6 is 0 Å². The molecule has 0 saturated carbocycles. The molecule has 7 nitrogen and oxygen atoms in total. The van der Waals surface area contributed by atoms with E-state index in [0.717, 1.165) is 29.4 Å². The molecule has 1 unspecified atom stereocenters. The molecule has 0 amide bonds. The van der Waals surface area contributed by atoms with Gasteiger partial charge in [0.1, 0.15) is 6.04 Å². The van der Waals surface area contributed by atoms with E-state index in [9.17, 15) is 18.9 Å². The smallest absolute Gasteiger partial charge is 0.352 e. The fraction of sp³-hybridized carbons (Fsp3) is 0.407. The van der Waals surface area contributed by atoms with Crippen molar-refractivity contribution < 1.29 is 9.32 Å². The number of aromatic nitrogens is 3. The van der Waals surface area contributed by atoms with Crippen LogP contribution in [0.3, 0.4) is 0 Å². The lowest BCUT2D eigenvalue weighted by atomic mass is 10.0. The molecule has 4 atom stereocenters. The van der Waals surface area contributed by atoms with Gasteiger partial charge >= 0.3 is 11.4 Å². The first-order chi connectivity index (χ1) is 16.9. The third-order valence-electron chi connectivity index (χ3n) is 6.50. The van der Waals surface area contributed by atoms with Gasteiger partial charge in [-0.25, -0.2) is 27.7 Å². The summed E-state index contributed by atoms with van der Waals surface area (Å²) in [6, 6.07) is 14.9. The van der Waals surface area contributed by atoms with Gasteiger partial charge in [-0.3, -0.25) is 0 Å². The van der Waals surface area contributed by atoms with Gasteiger partial charge in [0, 0.05) is 9.80 Å². The molecule has 0 spiro atoms. The van der Waals surface area contributed by atoms with Crippen LogP contribution in [0, 0.1) is 6.92 Å². The Bertz CT molecular complexity index is 1340. The highest BCUT2D eigenvalue weighted by Gasteiger charge is 2.39. The van der Waals surface area contributed by atoms with Gasteiger partial charge < -0.3 is 5.11 Å². The molecule has 8 heteroatoms. The molecule has 35 heavy (non-hydrogen) atoms. The number of aliphatic hydroxyl groups is 1. The minimum absolute atomic E-state index is 0.430. The van der Waals surface area contributed by atoms with E-state index >= 15 is 0 Å². The second-order valence-electron chi connectivity index (χ2n) is 9.09. The van der Waals surface area contributed by atoms with Gasteiger partial charge in [0.05, 0.1) is 28.6 Å². The zero-order valence-electron chi connectivity index (χ0n) is 20.5. The highest BCUT2D eigenvalue weighted by atomic mass is 32.2. The Kier molecular flexibility index (Phi) is 7.72. The lowest BCUT2D eigenvalue weighted by Gasteiger charge is -2.34. The number of benzene rings is 2. The van der Waals surface area contributed by atoms with E-state index < -0.39 is 40.4 Å². The van der Waals surface area contributed by atoms with E-state index in [0.29, 0.717) is 28.3 Å². The third-order valence-corrected chi connectivity index (χ3v) is 8.00. The predicted molar refractivity (Wildman–Crippen MR) is 138 cm³/mol. The molecule has 4 rings (SSSR count). The van der Waals surface area contributed by atoms with E-state index in [1.807, 2.05) is 57.2 Å². The van der Waals surface area contributed by atoms with E-state index in [1.54, 1.807) is 24.3 Å². The van der Waals surface area contributed by atoms with Crippen molar-refractivity contribution >= 4 is 10.8 Å². The normalized spacial score (nSPS) is 19.1. The second kappa shape index (κ2) is 10.7. The van der Waals surface area contributed by atoms with Crippen molar-refractivity contribution in [3.63, 3.8) is 0 Å². The molecule has 0 aliphatic carbocycles. The van der Waals surface area contributed by atoms with Gasteiger partial charge in [-0.2, -0.15) is 0 Å². The largest absolute Gasteiger partial charge is 0.391 e. The number of unbranched alkanes of at least 4 members (excludes halogenated alkanes) is 1. The topological polar surface area (TPSA) is 86.2 Å². The number of allylic oxidation sites excluding steroid dienone is 1. The molecular formula is C27H33N3O4S. The van der Waals surface area contributed by atoms with Gasteiger partial charge in [0.15, 0.2) is 0 Å². The molecule has 3 aromatic rings. The van der Waals surface area contributed by atoms with E-state index in [4.69, 9.17) is 0 Å². The van der Waals surface area contributed by atoms with Crippen molar-refractivity contribution in [3.05, 3.63) is 92.1 Å². The lowest BCUT2D eigenvalue weighted by Crippen LogP contribution is -2.43. The number of hydrogen-bond donors (Lipinski definition) is 1. The van der Waals surface area contributed by atoms with Crippen molar-refractivity contribution in [1.82, 2.24) is 13.9 Å². The van der Waals surface area contributed by atoms with Crippen LogP contribution in [0.2, 0.25) is 0 Å². The molecule has 0 fully saturated rings. The minimum Gasteiger partial charge on any atom is -0.391 e. The molecule has 1 aromatic heterocycles. The summed E-state index contributed by atoms with van der Waals surface area (Å²) in [5.74, 6) is 0. The molecule has 0 radical (unpaired) electrons. The average molecular weight is 496 g/mol. The SMILES string of the molecule is CCCC[C@H](O)[C@H]1C(S(=O)c2ccc(C)cc2)=C[C@@H](CCC)n2c(=O)n(-c3ccccc3)c(=O)n21. The minimum atomic E-state index is -1.60.